The summed E-state index contributed by atoms with van der Waals surface area (Å²) in [6.45, 7) is 11.8. The van der Waals surface area contributed by atoms with Crippen LogP contribution in [0.4, 0.5) is 5.69 Å². The van der Waals surface area contributed by atoms with Crippen molar-refractivity contribution < 1.29 is 9.59 Å². The quantitative estimate of drug-likeness (QED) is 0.819. The van der Waals surface area contributed by atoms with E-state index in [2.05, 4.69) is 10.6 Å². The number of carbonyl (C=O) groups excluding carboxylic acids is 2. The first-order valence-corrected chi connectivity index (χ1v) is 7.32. The molecule has 0 heterocycles. The maximum Gasteiger partial charge on any atom is 0.239 e. The molecule has 0 atom stereocenters. The highest BCUT2D eigenvalue weighted by atomic mass is 16.2. The predicted molar refractivity (Wildman–Crippen MR) is 86.2 cm³/mol. The number of carbonyl (C=O) groups is 2. The minimum Gasteiger partial charge on any atom is -0.355 e. The van der Waals surface area contributed by atoms with E-state index in [9.17, 15) is 9.59 Å². The van der Waals surface area contributed by atoms with Gasteiger partial charge in [0, 0.05) is 12.2 Å². The third kappa shape index (κ3) is 4.31. The third-order valence-corrected chi connectivity index (χ3v) is 3.53. The van der Waals surface area contributed by atoms with Crippen LogP contribution in [0.5, 0.6) is 0 Å². The Kier molecular flexibility index (Phi) is 5.53. The molecule has 0 unspecified atom stereocenters. The van der Waals surface area contributed by atoms with Crippen molar-refractivity contribution >= 4 is 17.5 Å². The Labute approximate surface area is 127 Å². The van der Waals surface area contributed by atoms with Gasteiger partial charge < -0.3 is 10.6 Å². The molecule has 4 nitrogen and oxygen atoms in total. The van der Waals surface area contributed by atoms with Crippen molar-refractivity contribution in [3.05, 3.63) is 29.3 Å². The van der Waals surface area contributed by atoms with E-state index in [0.29, 0.717) is 12.5 Å². The van der Waals surface area contributed by atoms with E-state index in [1.165, 1.54) is 0 Å². The molecule has 0 saturated carbocycles. The summed E-state index contributed by atoms with van der Waals surface area (Å²) in [5.41, 5.74) is 1.65. The molecule has 0 bridgehead atoms. The van der Waals surface area contributed by atoms with E-state index >= 15 is 0 Å². The highest BCUT2D eigenvalue weighted by molar-refractivity contribution is 6.10. The van der Waals surface area contributed by atoms with E-state index in [1.807, 2.05) is 45.9 Å². The molecule has 0 radical (unpaired) electrons. The van der Waals surface area contributed by atoms with E-state index < -0.39 is 5.41 Å². The fraction of sp³-hybridized carbons (Fsp3) is 0.529. The second-order valence-electron chi connectivity index (χ2n) is 6.45. The number of para-hydroxylation sites is 1. The van der Waals surface area contributed by atoms with Gasteiger partial charge in [0.05, 0.1) is 0 Å². The summed E-state index contributed by atoms with van der Waals surface area (Å²) in [5.74, 6) is -0.187. The summed E-state index contributed by atoms with van der Waals surface area (Å²) < 4.78 is 0. The summed E-state index contributed by atoms with van der Waals surface area (Å²) in [4.78, 5) is 24.7. The fourth-order valence-electron chi connectivity index (χ4n) is 1.90. The highest BCUT2D eigenvalue weighted by Gasteiger charge is 2.36. The Hall–Kier alpha value is -1.84. The lowest BCUT2D eigenvalue weighted by atomic mass is 9.90. The van der Waals surface area contributed by atoms with Crippen LogP contribution >= 0.6 is 0 Å². The van der Waals surface area contributed by atoms with Crippen LogP contribution < -0.4 is 10.6 Å². The van der Waals surface area contributed by atoms with Crippen LogP contribution in [0, 0.1) is 25.2 Å². The summed E-state index contributed by atoms with van der Waals surface area (Å²) in [5, 5.41) is 5.71. The van der Waals surface area contributed by atoms with Crippen molar-refractivity contribution in [3.8, 4) is 0 Å². The lowest BCUT2D eigenvalue weighted by Gasteiger charge is -2.24. The summed E-state index contributed by atoms with van der Waals surface area (Å²) in [7, 11) is 0. The van der Waals surface area contributed by atoms with Crippen LogP contribution in [0.2, 0.25) is 0 Å². The largest absolute Gasteiger partial charge is 0.355 e. The summed E-state index contributed by atoms with van der Waals surface area (Å²) in [6, 6.07) is 5.82. The van der Waals surface area contributed by atoms with Crippen molar-refractivity contribution in [2.24, 2.45) is 11.3 Å². The predicted octanol–water partition coefficient (Wildman–Crippen LogP) is 3.04. The molecule has 116 valence electrons. The number of anilines is 1. The van der Waals surface area contributed by atoms with E-state index in [-0.39, 0.29) is 11.8 Å². The third-order valence-electron chi connectivity index (χ3n) is 3.53. The normalized spacial score (nSPS) is 11.4. The Morgan fingerprint density at radius 1 is 1.10 bits per heavy atom. The number of hydrogen-bond acceptors (Lipinski definition) is 2. The van der Waals surface area contributed by atoms with Crippen LogP contribution in [-0.4, -0.2) is 18.4 Å². The highest BCUT2D eigenvalue weighted by Crippen LogP contribution is 2.24. The molecule has 21 heavy (non-hydrogen) atoms. The monoisotopic (exact) mass is 290 g/mol. The van der Waals surface area contributed by atoms with Gasteiger partial charge in [-0.1, -0.05) is 32.0 Å². The van der Waals surface area contributed by atoms with Crippen molar-refractivity contribution in [1.82, 2.24) is 5.32 Å². The number of hydrogen-bond donors (Lipinski definition) is 2. The van der Waals surface area contributed by atoms with E-state index in [0.717, 1.165) is 16.8 Å². The number of amides is 2. The zero-order chi connectivity index (χ0) is 16.2. The van der Waals surface area contributed by atoms with Gasteiger partial charge in [0.25, 0.3) is 0 Å². The first-order valence-electron chi connectivity index (χ1n) is 7.32. The van der Waals surface area contributed by atoms with Gasteiger partial charge in [0.2, 0.25) is 11.8 Å². The van der Waals surface area contributed by atoms with Gasteiger partial charge in [-0.05, 0) is 44.7 Å². The first-order chi connectivity index (χ1) is 9.66. The van der Waals surface area contributed by atoms with Crippen LogP contribution in [0.3, 0.4) is 0 Å². The molecule has 0 aliphatic heterocycles. The van der Waals surface area contributed by atoms with Gasteiger partial charge >= 0.3 is 0 Å². The van der Waals surface area contributed by atoms with Gasteiger partial charge in [0.15, 0.2) is 0 Å². The van der Waals surface area contributed by atoms with Gasteiger partial charge in [-0.2, -0.15) is 0 Å². The molecule has 2 amide bonds. The maximum atomic E-state index is 12.5. The molecule has 1 aromatic rings. The number of aryl methyl sites for hydroxylation is 2. The molecule has 0 fully saturated rings. The van der Waals surface area contributed by atoms with Gasteiger partial charge in [-0.25, -0.2) is 0 Å². The van der Waals surface area contributed by atoms with Crippen molar-refractivity contribution in [1.29, 1.82) is 0 Å². The average Bonchev–Trinajstić information content (AvgIpc) is 2.39. The molecule has 1 aromatic carbocycles. The standard InChI is InChI=1S/C17H26N2O2/c1-11(2)10-18-15(20)17(5,6)16(21)19-14-12(3)8-7-9-13(14)4/h7-9,11H,10H2,1-6H3,(H,18,20)(H,19,21). The van der Waals surface area contributed by atoms with Crippen LogP contribution in [0.15, 0.2) is 18.2 Å². The number of rotatable bonds is 5. The Morgan fingerprint density at radius 3 is 2.10 bits per heavy atom. The molecule has 0 spiro atoms. The molecule has 4 heteroatoms. The Morgan fingerprint density at radius 2 is 1.62 bits per heavy atom. The molecule has 2 N–H and O–H groups in total. The van der Waals surface area contributed by atoms with Gasteiger partial charge in [-0.3, -0.25) is 9.59 Å². The lowest BCUT2D eigenvalue weighted by Crippen LogP contribution is -2.46. The van der Waals surface area contributed by atoms with Crippen molar-refractivity contribution in [2.45, 2.75) is 41.5 Å². The van der Waals surface area contributed by atoms with E-state index in [1.54, 1.807) is 13.8 Å². The van der Waals surface area contributed by atoms with E-state index in [4.69, 9.17) is 0 Å². The molecule has 0 aliphatic rings. The molecule has 0 saturated heterocycles. The number of nitrogens with one attached hydrogen (secondary N) is 2. The molecule has 0 aromatic heterocycles. The Bertz CT molecular complexity index is 513. The van der Waals surface area contributed by atoms with Crippen LogP contribution in [0.25, 0.3) is 0 Å². The fourth-order valence-corrected chi connectivity index (χ4v) is 1.90. The topological polar surface area (TPSA) is 58.2 Å². The van der Waals surface area contributed by atoms with Crippen molar-refractivity contribution in [3.63, 3.8) is 0 Å². The van der Waals surface area contributed by atoms with Crippen molar-refractivity contribution in [2.75, 3.05) is 11.9 Å². The SMILES string of the molecule is Cc1cccc(C)c1NC(=O)C(C)(C)C(=O)NCC(C)C. The molecule has 1 rings (SSSR count). The van der Waals surface area contributed by atoms with Gasteiger partial charge in [-0.15, -0.1) is 0 Å². The Balaban J connectivity index is 2.84. The second-order valence-corrected chi connectivity index (χ2v) is 6.45. The average molecular weight is 290 g/mol. The lowest BCUT2D eigenvalue weighted by molar-refractivity contribution is -0.138. The number of benzene rings is 1. The van der Waals surface area contributed by atoms with Gasteiger partial charge in [0.1, 0.15) is 5.41 Å². The summed E-state index contributed by atoms with van der Waals surface area (Å²) >= 11 is 0. The maximum absolute atomic E-state index is 12.5. The first kappa shape index (κ1) is 17.2. The van der Waals surface area contributed by atoms with Crippen LogP contribution in [0.1, 0.15) is 38.8 Å². The minimum absolute atomic E-state index is 0.250. The molecular formula is C17H26N2O2. The zero-order valence-electron chi connectivity index (χ0n) is 13.8. The molecule has 0 aliphatic carbocycles. The summed E-state index contributed by atoms with van der Waals surface area (Å²) in [6.07, 6.45) is 0. The smallest absolute Gasteiger partial charge is 0.239 e. The zero-order valence-corrected chi connectivity index (χ0v) is 13.8. The van der Waals surface area contributed by atoms with Crippen LogP contribution in [-0.2, 0) is 9.59 Å². The minimum atomic E-state index is -1.11. The second kappa shape index (κ2) is 6.74. The molecular weight excluding hydrogens is 264 g/mol.